The zero-order valence-corrected chi connectivity index (χ0v) is 14.5. The average molecular weight is 416 g/mol. The number of ether oxygens (including phenoxy) is 1. The summed E-state index contributed by atoms with van der Waals surface area (Å²) < 4.78 is 58.4. The highest BCUT2D eigenvalue weighted by molar-refractivity contribution is 6.32. The van der Waals surface area contributed by atoms with E-state index in [0.29, 0.717) is 5.75 Å². The minimum atomic E-state index is -5.05. The molecule has 146 valence electrons. The van der Waals surface area contributed by atoms with Crippen LogP contribution in [0.15, 0.2) is 58.1 Å². The summed E-state index contributed by atoms with van der Waals surface area (Å²) in [6, 6.07) is 9.93. The number of nitrogens with two attached hydrogens (primary N) is 1. The first-order valence-electron chi connectivity index (χ1n) is 7.53. The van der Waals surface area contributed by atoms with Crippen LogP contribution in [-0.4, -0.2) is 9.24 Å². The molecule has 28 heavy (non-hydrogen) atoms. The van der Waals surface area contributed by atoms with Gasteiger partial charge in [-0.2, -0.15) is 13.2 Å². The van der Waals surface area contributed by atoms with Crippen LogP contribution in [0.5, 0.6) is 11.5 Å². The maximum Gasteiger partial charge on any atom is 0.433 e. The monoisotopic (exact) mass is 415 g/mol. The second kappa shape index (κ2) is 7.04. The van der Waals surface area contributed by atoms with Gasteiger partial charge in [0.15, 0.2) is 5.69 Å². The lowest BCUT2D eigenvalue weighted by Crippen LogP contribution is -2.45. The summed E-state index contributed by atoms with van der Waals surface area (Å²) >= 11 is 5.93. The molecule has 2 N–H and O–H groups in total. The third-order valence-electron chi connectivity index (χ3n) is 3.64. The third-order valence-corrected chi connectivity index (χ3v) is 3.94. The Labute approximate surface area is 158 Å². The van der Waals surface area contributed by atoms with Gasteiger partial charge in [0.05, 0.1) is 10.7 Å². The summed E-state index contributed by atoms with van der Waals surface area (Å²) in [4.78, 5) is 24.3. The lowest BCUT2D eigenvalue weighted by Gasteiger charge is -2.15. The molecule has 0 unspecified atom stereocenters. The molecule has 0 amide bonds. The Morgan fingerprint density at radius 3 is 2.29 bits per heavy atom. The molecule has 0 aliphatic carbocycles. The molecule has 1 heterocycles. The Kier molecular flexibility index (Phi) is 4.90. The van der Waals surface area contributed by atoms with Gasteiger partial charge in [0.2, 0.25) is 0 Å². The zero-order chi connectivity index (χ0) is 20.6. The molecule has 0 spiro atoms. The number of hydrogen-bond donors (Lipinski definition) is 1. The van der Waals surface area contributed by atoms with E-state index in [1.165, 1.54) is 0 Å². The quantitative estimate of drug-likeness (QED) is 0.526. The van der Waals surface area contributed by atoms with Crippen molar-refractivity contribution < 1.29 is 22.3 Å². The number of benzene rings is 2. The lowest BCUT2D eigenvalue weighted by atomic mass is 10.2. The molecule has 1 aromatic heterocycles. The SMILES string of the molecule is Nn1c(C(F)(F)F)cc(=O)n(-c2cc(Oc3ccccc3)c(Cl)cc2F)c1=O. The molecule has 0 bridgehead atoms. The van der Waals surface area contributed by atoms with E-state index in [9.17, 15) is 27.2 Å². The minimum Gasteiger partial charge on any atom is -0.456 e. The highest BCUT2D eigenvalue weighted by atomic mass is 35.5. The summed E-state index contributed by atoms with van der Waals surface area (Å²) in [5.41, 5.74) is -5.36. The van der Waals surface area contributed by atoms with Crippen LogP contribution in [0.3, 0.4) is 0 Å². The molecule has 0 aliphatic heterocycles. The highest BCUT2D eigenvalue weighted by Crippen LogP contribution is 2.33. The first-order valence-corrected chi connectivity index (χ1v) is 7.91. The van der Waals surface area contributed by atoms with Crippen LogP contribution in [0.1, 0.15) is 5.69 Å². The van der Waals surface area contributed by atoms with E-state index in [4.69, 9.17) is 22.2 Å². The molecule has 0 aliphatic rings. The van der Waals surface area contributed by atoms with Crippen LogP contribution in [0.25, 0.3) is 5.69 Å². The van der Waals surface area contributed by atoms with E-state index in [-0.39, 0.29) is 26.1 Å². The van der Waals surface area contributed by atoms with Gasteiger partial charge < -0.3 is 10.6 Å². The predicted octanol–water partition coefficient (Wildman–Crippen LogP) is 3.32. The standard InChI is InChI=1S/C17H10ClF4N3O3/c18-10-6-11(19)12(7-13(10)28-9-4-2-1-3-5-9)24-15(26)8-14(17(20,21)22)25(23)16(24)27/h1-8H,23H2. The fourth-order valence-corrected chi connectivity index (χ4v) is 2.57. The normalized spacial score (nSPS) is 11.5. The molecule has 3 rings (SSSR count). The predicted molar refractivity (Wildman–Crippen MR) is 92.9 cm³/mol. The lowest BCUT2D eigenvalue weighted by molar-refractivity contribution is -0.143. The van der Waals surface area contributed by atoms with Gasteiger partial charge in [0.25, 0.3) is 5.56 Å². The van der Waals surface area contributed by atoms with Crippen molar-refractivity contribution in [2.24, 2.45) is 0 Å². The van der Waals surface area contributed by atoms with Gasteiger partial charge in [-0.3, -0.25) is 4.79 Å². The van der Waals surface area contributed by atoms with Crippen molar-refractivity contribution in [2.75, 3.05) is 5.84 Å². The summed E-state index contributed by atoms with van der Waals surface area (Å²) in [6.07, 6.45) is -5.05. The van der Waals surface area contributed by atoms with Crippen LogP contribution >= 0.6 is 11.6 Å². The Morgan fingerprint density at radius 1 is 1.04 bits per heavy atom. The smallest absolute Gasteiger partial charge is 0.433 e. The van der Waals surface area contributed by atoms with E-state index < -0.39 is 34.6 Å². The average Bonchev–Trinajstić information content (AvgIpc) is 2.61. The molecule has 6 nitrogen and oxygen atoms in total. The van der Waals surface area contributed by atoms with Gasteiger partial charge in [-0.25, -0.2) is 18.4 Å². The Bertz CT molecular complexity index is 1160. The third kappa shape index (κ3) is 3.58. The first kappa shape index (κ1) is 19.5. The molecule has 3 aromatic rings. The minimum absolute atomic E-state index is 0.0904. The maximum absolute atomic E-state index is 14.4. The fourth-order valence-electron chi connectivity index (χ4n) is 2.38. The second-order valence-electron chi connectivity index (χ2n) is 5.50. The largest absolute Gasteiger partial charge is 0.456 e. The van der Waals surface area contributed by atoms with Gasteiger partial charge in [0, 0.05) is 12.1 Å². The molecular formula is C17H10ClF4N3O3. The fraction of sp³-hybridized carbons (Fsp3) is 0.0588. The summed E-state index contributed by atoms with van der Waals surface area (Å²) in [5, 5.41) is -0.182. The molecule has 0 atom stereocenters. The van der Waals surface area contributed by atoms with Crippen molar-refractivity contribution in [2.45, 2.75) is 6.18 Å². The summed E-state index contributed by atoms with van der Waals surface area (Å²) in [6.45, 7) is 0. The number of rotatable bonds is 3. The molecule has 11 heteroatoms. The van der Waals surface area contributed by atoms with E-state index >= 15 is 0 Å². The topological polar surface area (TPSA) is 79.2 Å². The van der Waals surface area contributed by atoms with Crippen molar-refractivity contribution >= 4 is 11.6 Å². The van der Waals surface area contributed by atoms with Crippen molar-refractivity contribution in [3.8, 4) is 17.2 Å². The van der Waals surface area contributed by atoms with Gasteiger partial charge in [-0.05, 0) is 18.2 Å². The summed E-state index contributed by atoms with van der Waals surface area (Å²) in [7, 11) is 0. The van der Waals surface area contributed by atoms with Crippen LogP contribution in [0, 0.1) is 5.82 Å². The van der Waals surface area contributed by atoms with Crippen molar-refractivity contribution in [3.05, 3.63) is 85.9 Å². The molecular weight excluding hydrogens is 406 g/mol. The van der Waals surface area contributed by atoms with E-state index in [1.807, 2.05) is 0 Å². The van der Waals surface area contributed by atoms with E-state index in [2.05, 4.69) is 0 Å². The number of hydrogen-bond acceptors (Lipinski definition) is 4. The van der Waals surface area contributed by atoms with E-state index in [1.54, 1.807) is 30.3 Å². The number of para-hydroxylation sites is 1. The van der Waals surface area contributed by atoms with E-state index in [0.717, 1.165) is 12.1 Å². The zero-order valence-electron chi connectivity index (χ0n) is 13.7. The number of aromatic nitrogens is 2. The van der Waals surface area contributed by atoms with Gasteiger partial charge in [-0.1, -0.05) is 29.8 Å². The second-order valence-corrected chi connectivity index (χ2v) is 5.91. The van der Waals surface area contributed by atoms with Crippen molar-refractivity contribution in [1.29, 1.82) is 0 Å². The van der Waals surface area contributed by atoms with Gasteiger partial charge >= 0.3 is 11.9 Å². The van der Waals surface area contributed by atoms with Crippen molar-refractivity contribution in [3.63, 3.8) is 0 Å². The molecule has 0 radical (unpaired) electrons. The molecule has 2 aromatic carbocycles. The Morgan fingerprint density at radius 2 is 1.68 bits per heavy atom. The maximum atomic E-state index is 14.4. The van der Waals surface area contributed by atoms with Gasteiger partial charge in [-0.15, -0.1) is 0 Å². The van der Waals surface area contributed by atoms with Crippen molar-refractivity contribution in [1.82, 2.24) is 9.24 Å². The molecule has 0 fully saturated rings. The van der Waals surface area contributed by atoms with Crippen LogP contribution < -0.4 is 21.8 Å². The number of nitrogens with zero attached hydrogens (tertiary/aromatic N) is 2. The van der Waals surface area contributed by atoms with Crippen LogP contribution in [0.4, 0.5) is 17.6 Å². The van der Waals surface area contributed by atoms with Crippen LogP contribution in [-0.2, 0) is 6.18 Å². The number of halogens is 5. The molecule has 0 saturated heterocycles. The molecule has 0 saturated carbocycles. The number of alkyl halides is 3. The Hall–Kier alpha value is -3.27. The van der Waals surface area contributed by atoms with Crippen LogP contribution in [0.2, 0.25) is 5.02 Å². The number of nitrogen functional groups attached to an aromatic ring is 1. The highest BCUT2D eigenvalue weighted by Gasteiger charge is 2.36. The Balaban J connectivity index is 2.20. The summed E-state index contributed by atoms with van der Waals surface area (Å²) in [5.74, 6) is 4.22. The van der Waals surface area contributed by atoms with Gasteiger partial charge in [0.1, 0.15) is 17.3 Å². The first-order chi connectivity index (χ1) is 13.1.